The Morgan fingerprint density at radius 1 is 0.451 bits per heavy atom. The predicted octanol–water partition coefficient (Wildman–Crippen LogP) is 8.30. The van der Waals surface area contributed by atoms with Crippen molar-refractivity contribution in [2.75, 3.05) is 26.5 Å². The van der Waals surface area contributed by atoms with Crippen molar-refractivity contribution in [1.82, 2.24) is 0 Å². The lowest BCUT2D eigenvalue weighted by molar-refractivity contribution is 0.414. The molecule has 0 saturated carbocycles. The van der Waals surface area contributed by atoms with Crippen molar-refractivity contribution in [1.29, 1.82) is 0 Å². The number of hydrogen-bond donors (Lipinski definition) is 0. The fourth-order valence-electron chi connectivity index (χ4n) is 6.79. The minimum absolute atomic E-state index is 0. The van der Waals surface area contributed by atoms with Crippen LogP contribution in [0, 0.1) is 0 Å². The van der Waals surface area contributed by atoms with Gasteiger partial charge in [0.1, 0.15) is 25.8 Å². The van der Waals surface area contributed by atoms with E-state index in [0.717, 1.165) is 66.1 Å². The van der Waals surface area contributed by atoms with Crippen LogP contribution in [-0.4, -0.2) is 32.0 Å². The van der Waals surface area contributed by atoms with E-state index in [0.29, 0.717) is 12.3 Å². The van der Waals surface area contributed by atoms with E-state index in [9.17, 15) is 9.13 Å². The Morgan fingerprint density at radius 2 is 0.784 bits per heavy atom. The molecule has 5 nitrogen and oxygen atoms in total. The fourth-order valence-corrected chi connectivity index (χ4v) is 12.7. The summed E-state index contributed by atoms with van der Waals surface area (Å²) < 4.78 is 38.2. The Hall–Kier alpha value is -5.18. The molecule has 8 rings (SSSR count). The van der Waals surface area contributed by atoms with Crippen LogP contribution in [0.4, 0.5) is 0 Å². The van der Waals surface area contributed by atoms with Crippen LogP contribution in [0.5, 0.6) is 11.5 Å². The quantitative estimate of drug-likeness (QED) is 0.163. The van der Waals surface area contributed by atoms with Crippen LogP contribution >= 0.6 is 14.3 Å². The lowest BCUT2D eigenvalue weighted by Gasteiger charge is -2.12. The number of ether oxygens (including phenoxy) is 2. The van der Waals surface area contributed by atoms with Crippen LogP contribution in [0.15, 0.2) is 158 Å². The maximum Gasteiger partial charge on any atom is 0.148 e. The van der Waals surface area contributed by atoms with E-state index in [-0.39, 0.29) is 5.48 Å². The monoisotopic (exact) mass is 710 g/mol. The van der Waals surface area contributed by atoms with E-state index in [1.807, 2.05) is 146 Å². The second-order valence-electron chi connectivity index (χ2n) is 12.4. The summed E-state index contributed by atoms with van der Waals surface area (Å²) in [6.07, 6.45) is 5.42. The topological polar surface area (TPSA) is 84.1 Å². The van der Waals surface area contributed by atoms with Crippen molar-refractivity contribution < 1.29 is 24.1 Å². The van der Waals surface area contributed by atoms with E-state index < -0.39 is 14.3 Å². The van der Waals surface area contributed by atoms with Gasteiger partial charge in [0.25, 0.3) is 0 Å². The second-order valence-corrected chi connectivity index (χ2v) is 18.0. The third-order valence-electron chi connectivity index (χ3n) is 9.32. The molecule has 0 bridgehead atoms. The van der Waals surface area contributed by atoms with Gasteiger partial charge in [-0.1, -0.05) is 146 Å². The Balaban J connectivity index is 0.000000172. The molecule has 2 aliphatic rings. The first-order valence-corrected chi connectivity index (χ1v) is 20.4. The van der Waals surface area contributed by atoms with E-state index in [1.165, 1.54) is 0 Å². The molecule has 0 amide bonds. The largest absolute Gasteiger partial charge is 0.497 e. The molecule has 0 spiro atoms. The second kappa shape index (κ2) is 15.4. The van der Waals surface area contributed by atoms with Gasteiger partial charge in [-0.05, 0) is 57.7 Å². The third kappa shape index (κ3) is 7.20. The van der Waals surface area contributed by atoms with E-state index in [2.05, 4.69) is 24.3 Å². The third-order valence-corrected chi connectivity index (χ3v) is 15.5. The number of rotatable bonds is 6. The van der Waals surface area contributed by atoms with Crippen LogP contribution in [-0.2, 0) is 9.13 Å². The van der Waals surface area contributed by atoms with Gasteiger partial charge in [0.05, 0.1) is 14.2 Å². The summed E-state index contributed by atoms with van der Waals surface area (Å²) in [4.78, 5) is 0. The molecule has 0 aromatic heterocycles. The van der Waals surface area contributed by atoms with Crippen LogP contribution in [0.3, 0.4) is 0 Å². The number of benzene rings is 6. The molecule has 2 atom stereocenters. The van der Waals surface area contributed by atoms with Crippen LogP contribution < -0.4 is 30.7 Å². The minimum atomic E-state index is -2.61. The van der Waals surface area contributed by atoms with Gasteiger partial charge in [0.2, 0.25) is 0 Å². The lowest BCUT2D eigenvalue weighted by Crippen LogP contribution is -2.14. The van der Waals surface area contributed by atoms with E-state index in [4.69, 9.17) is 9.47 Å². The normalized spacial score (nSPS) is 20.0. The van der Waals surface area contributed by atoms with Gasteiger partial charge in [-0.25, -0.2) is 0 Å². The first-order valence-electron chi connectivity index (χ1n) is 16.6. The first kappa shape index (κ1) is 35.6. The highest BCUT2D eigenvalue weighted by molar-refractivity contribution is 7.80. The molecule has 2 N–H and O–H groups in total. The molecule has 0 fully saturated rings. The molecule has 2 aliphatic heterocycles. The summed E-state index contributed by atoms with van der Waals surface area (Å²) in [5, 5.41) is 3.81. The summed E-state index contributed by atoms with van der Waals surface area (Å²) in [5.41, 5.74) is 6.65. The van der Waals surface area contributed by atoms with Crippen LogP contribution in [0.1, 0.15) is 22.3 Å². The first-order chi connectivity index (χ1) is 24.4. The zero-order chi connectivity index (χ0) is 34.6. The summed E-state index contributed by atoms with van der Waals surface area (Å²) in [7, 11) is -1.90. The van der Waals surface area contributed by atoms with Crippen LogP contribution in [0.2, 0.25) is 0 Å². The molecule has 0 unspecified atom stereocenters. The standard InChI is InChI=1S/2C22H19O2P.H2O/c2*1-24-19-13-11-17(12-14-19)15-18-16-25(23,20-7-3-2-4-8-20)22-10-6-5-9-21(18)22;/h2*2-15H,16H2,1H3;1H2/b2*18-15+;/t2*25-;/m00./s1. The highest BCUT2D eigenvalue weighted by Crippen LogP contribution is 2.55. The van der Waals surface area contributed by atoms with E-state index in [1.54, 1.807) is 14.2 Å². The Bertz CT molecular complexity index is 2110. The molecule has 256 valence electrons. The zero-order valence-corrected chi connectivity index (χ0v) is 30.4. The smallest absolute Gasteiger partial charge is 0.148 e. The highest BCUT2D eigenvalue weighted by Gasteiger charge is 2.38. The molecule has 0 saturated heterocycles. The van der Waals surface area contributed by atoms with E-state index >= 15 is 0 Å². The van der Waals surface area contributed by atoms with Gasteiger partial charge in [0, 0.05) is 33.5 Å². The zero-order valence-electron chi connectivity index (χ0n) is 28.6. The Morgan fingerprint density at radius 3 is 1.14 bits per heavy atom. The fraction of sp³-hybridized carbons (Fsp3) is 0.0909. The van der Waals surface area contributed by atoms with Crippen molar-refractivity contribution in [3.05, 3.63) is 180 Å². The summed E-state index contributed by atoms with van der Waals surface area (Å²) in [6.45, 7) is 0. The van der Waals surface area contributed by atoms with Crippen molar-refractivity contribution in [2.24, 2.45) is 0 Å². The average molecular weight is 711 g/mol. The van der Waals surface area contributed by atoms with Gasteiger partial charge in [-0.15, -0.1) is 0 Å². The molecule has 6 aromatic rings. The molecule has 6 aromatic carbocycles. The van der Waals surface area contributed by atoms with Gasteiger partial charge in [-0.2, -0.15) is 0 Å². The lowest BCUT2D eigenvalue weighted by atomic mass is 10.0. The SMILES string of the molecule is COc1ccc(/C=C2\C[P@](=O)(c3ccccc3)c3ccccc32)cc1.COc1ccc(/C=C2\C[P@](=O)(c3ccccc3)c3ccccc32)cc1.O. The van der Waals surface area contributed by atoms with Gasteiger partial charge in [0.15, 0.2) is 0 Å². The van der Waals surface area contributed by atoms with Gasteiger partial charge < -0.3 is 24.1 Å². The van der Waals surface area contributed by atoms with Crippen molar-refractivity contribution in [3.63, 3.8) is 0 Å². The van der Waals surface area contributed by atoms with Crippen molar-refractivity contribution in [2.45, 2.75) is 0 Å². The maximum absolute atomic E-state index is 13.9. The average Bonchev–Trinajstić information content (AvgIpc) is 3.64. The Labute approximate surface area is 300 Å². The number of hydrogen-bond acceptors (Lipinski definition) is 4. The highest BCUT2D eigenvalue weighted by atomic mass is 31.2. The summed E-state index contributed by atoms with van der Waals surface area (Å²) >= 11 is 0. The van der Waals surface area contributed by atoms with Crippen LogP contribution in [0.25, 0.3) is 23.3 Å². The van der Waals surface area contributed by atoms with Crippen molar-refractivity contribution >= 4 is 58.8 Å². The maximum atomic E-state index is 13.9. The molecule has 7 heteroatoms. The van der Waals surface area contributed by atoms with Gasteiger partial charge >= 0.3 is 0 Å². The summed E-state index contributed by atoms with van der Waals surface area (Å²) in [6, 6.07) is 51.8. The number of allylic oxidation sites excluding steroid dienone is 2. The number of methoxy groups -OCH3 is 2. The molecule has 2 heterocycles. The Kier molecular flexibility index (Phi) is 10.7. The molecule has 51 heavy (non-hydrogen) atoms. The van der Waals surface area contributed by atoms with Crippen molar-refractivity contribution in [3.8, 4) is 11.5 Å². The molecular weight excluding hydrogens is 670 g/mol. The predicted molar refractivity (Wildman–Crippen MR) is 215 cm³/mol. The molecular formula is C44H40O5P2. The number of fused-ring (bicyclic) bond motifs is 2. The van der Waals surface area contributed by atoms with Gasteiger partial charge in [-0.3, -0.25) is 0 Å². The molecule has 0 aliphatic carbocycles. The summed E-state index contributed by atoms with van der Waals surface area (Å²) in [5.74, 6) is 1.67. The molecule has 0 radical (unpaired) electrons. The minimum Gasteiger partial charge on any atom is -0.497 e.